The second-order valence-corrected chi connectivity index (χ2v) is 7.87. The van der Waals surface area contributed by atoms with E-state index in [0.29, 0.717) is 12.8 Å². The van der Waals surface area contributed by atoms with Gasteiger partial charge in [0.25, 0.3) is 0 Å². The van der Waals surface area contributed by atoms with Crippen LogP contribution in [0.4, 0.5) is 0 Å². The summed E-state index contributed by atoms with van der Waals surface area (Å²) in [5.41, 5.74) is 2.45. The molecule has 0 amide bonds. The highest BCUT2D eigenvalue weighted by Crippen LogP contribution is 2.15. The van der Waals surface area contributed by atoms with Crippen LogP contribution in [0.25, 0.3) is 0 Å². The van der Waals surface area contributed by atoms with E-state index in [4.69, 9.17) is 0 Å². The van der Waals surface area contributed by atoms with Crippen LogP contribution in [-0.2, 0) is 17.6 Å². The molecule has 1 fully saturated rings. The minimum atomic E-state index is -0.334. The van der Waals surface area contributed by atoms with Crippen molar-refractivity contribution in [3.8, 4) is 0 Å². The quantitative estimate of drug-likeness (QED) is 0.537. The van der Waals surface area contributed by atoms with E-state index in [1.165, 1.54) is 56.9 Å². The van der Waals surface area contributed by atoms with Gasteiger partial charge in [-0.25, -0.2) is 0 Å². The maximum atomic E-state index is 12.4. The van der Waals surface area contributed by atoms with Gasteiger partial charge in [-0.1, -0.05) is 76.1 Å². The van der Waals surface area contributed by atoms with Gasteiger partial charge in [0.05, 0.1) is 12.1 Å². The molecule has 1 heterocycles. The molecule has 146 valence electrons. The minimum absolute atomic E-state index is 0.184. The fourth-order valence-electron chi connectivity index (χ4n) is 3.75. The van der Waals surface area contributed by atoms with Gasteiger partial charge in [-0.2, -0.15) is 0 Å². The van der Waals surface area contributed by atoms with E-state index in [-0.39, 0.29) is 17.9 Å². The van der Waals surface area contributed by atoms with Crippen LogP contribution < -0.4 is 5.32 Å². The van der Waals surface area contributed by atoms with E-state index in [9.17, 15) is 9.90 Å². The van der Waals surface area contributed by atoms with Crippen molar-refractivity contribution in [3.63, 3.8) is 0 Å². The van der Waals surface area contributed by atoms with E-state index in [1.54, 1.807) is 0 Å². The molecule has 1 aromatic rings. The number of hydrogen-bond donors (Lipinski definition) is 2. The first kappa shape index (κ1) is 21.1. The summed E-state index contributed by atoms with van der Waals surface area (Å²) in [6.07, 6.45) is 13.4. The number of aliphatic hydroxyl groups excluding tert-OH is 1. The summed E-state index contributed by atoms with van der Waals surface area (Å²) in [7, 11) is 0. The third kappa shape index (κ3) is 8.01. The number of aryl methyl sites for hydroxylation is 1. The number of unbranched alkanes of at least 4 members (excludes halogenated alkanes) is 7. The van der Waals surface area contributed by atoms with Crippen molar-refractivity contribution >= 4 is 5.78 Å². The number of benzene rings is 1. The van der Waals surface area contributed by atoms with Gasteiger partial charge >= 0.3 is 0 Å². The number of rotatable bonds is 12. The van der Waals surface area contributed by atoms with Crippen LogP contribution in [-0.4, -0.2) is 29.6 Å². The molecule has 1 aliphatic heterocycles. The molecule has 0 bridgehead atoms. The molecular formula is C23H37NO2. The standard InChI is InChI=1S/C23H37NO2/c1-2-3-4-5-6-7-8-9-10-19-11-13-20(14-12-19)17-23(26)22-18-21(25)15-16-24-22/h11-14,21-22,24-25H,2-10,15-18H2,1H3/t21-,22?/m0/s1. The molecule has 1 aromatic carbocycles. The van der Waals surface area contributed by atoms with Crippen molar-refractivity contribution in [1.82, 2.24) is 5.32 Å². The molecule has 1 saturated heterocycles. The summed E-state index contributed by atoms with van der Waals surface area (Å²) < 4.78 is 0. The highest BCUT2D eigenvalue weighted by atomic mass is 16.3. The first-order chi connectivity index (χ1) is 12.7. The topological polar surface area (TPSA) is 49.3 Å². The number of carbonyl (C=O) groups excluding carboxylic acids is 1. The molecule has 26 heavy (non-hydrogen) atoms. The van der Waals surface area contributed by atoms with Crippen LogP contribution in [0.15, 0.2) is 24.3 Å². The highest BCUT2D eigenvalue weighted by molar-refractivity contribution is 5.86. The molecule has 1 unspecified atom stereocenters. The molecule has 2 rings (SSSR count). The minimum Gasteiger partial charge on any atom is -0.393 e. The Morgan fingerprint density at radius 3 is 2.27 bits per heavy atom. The van der Waals surface area contributed by atoms with Gasteiger partial charge < -0.3 is 10.4 Å². The van der Waals surface area contributed by atoms with E-state index >= 15 is 0 Å². The average molecular weight is 360 g/mol. The number of aliphatic hydroxyl groups is 1. The van der Waals surface area contributed by atoms with Crippen LogP contribution in [0.2, 0.25) is 0 Å². The lowest BCUT2D eigenvalue weighted by atomic mass is 9.94. The van der Waals surface area contributed by atoms with Gasteiger partial charge in [0.2, 0.25) is 0 Å². The normalized spacial score (nSPS) is 20.2. The van der Waals surface area contributed by atoms with E-state index in [2.05, 4.69) is 36.5 Å². The SMILES string of the molecule is CCCCCCCCCCc1ccc(CC(=O)C2C[C@@H](O)CCN2)cc1. The van der Waals surface area contributed by atoms with Gasteiger partial charge in [-0.3, -0.25) is 4.79 Å². The number of nitrogens with one attached hydrogen (secondary N) is 1. The number of ketones is 1. The number of hydrogen-bond acceptors (Lipinski definition) is 3. The third-order valence-electron chi connectivity index (χ3n) is 5.49. The molecule has 2 N–H and O–H groups in total. The number of carbonyl (C=O) groups is 1. The Balaban J connectivity index is 1.62. The van der Waals surface area contributed by atoms with Gasteiger partial charge in [-0.15, -0.1) is 0 Å². The van der Waals surface area contributed by atoms with Crippen molar-refractivity contribution in [2.24, 2.45) is 0 Å². The van der Waals surface area contributed by atoms with Crippen LogP contribution >= 0.6 is 0 Å². The zero-order chi connectivity index (χ0) is 18.6. The summed E-state index contributed by atoms with van der Waals surface area (Å²) in [5.74, 6) is 0.194. The molecule has 0 saturated carbocycles. The first-order valence-electron chi connectivity index (χ1n) is 10.7. The van der Waals surface area contributed by atoms with Crippen LogP contribution in [0.5, 0.6) is 0 Å². The maximum absolute atomic E-state index is 12.4. The molecule has 0 spiro atoms. The van der Waals surface area contributed by atoms with Crippen molar-refractivity contribution in [2.75, 3.05) is 6.54 Å². The van der Waals surface area contributed by atoms with Gasteiger partial charge in [0.15, 0.2) is 5.78 Å². The fraction of sp³-hybridized carbons (Fsp3) is 0.696. The monoisotopic (exact) mass is 359 g/mol. The smallest absolute Gasteiger partial charge is 0.154 e. The van der Waals surface area contributed by atoms with Crippen molar-refractivity contribution in [3.05, 3.63) is 35.4 Å². The Hall–Kier alpha value is -1.19. The lowest BCUT2D eigenvalue weighted by Crippen LogP contribution is -2.45. The largest absolute Gasteiger partial charge is 0.393 e. The summed E-state index contributed by atoms with van der Waals surface area (Å²) in [4.78, 5) is 12.4. The predicted octanol–water partition coefficient (Wildman–Crippen LogP) is 4.59. The Morgan fingerprint density at radius 1 is 1.00 bits per heavy atom. The zero-order valence-electron chi connectivity index (χ0n) is 16.5. The summed E-state index contributed by atoms with van der Waals surface area (Å²) >= 11 is 0. The molecule has 0 radical (unpaired) electrons. The summed E-state index contributed by atoms with van der Waals surface area (Å²) in [6, 6.07) is 8.35. The maximum Gasteiger partial charge on any atom is 0.154 e. The molecule has 1 aliphatic rings. The average Bonchev–Trinajstić information content (AvgIpc) is 2.65. The van der Waals surface area contributed by atoms with Crippen LogP contribution in [0.1, 0.15) is 82.3 Å². The highest BCUT2D eigenvalue weighted by Gasteiger charge is 2.25. The number of piperidine rings is 1. The fourth-order valence-corrected chi connectivity index (χ4v) is 3.75. The van der Waals surface area contributed by atoms with Crippen LogP contribution in [0, 0.1) is 0 Å². The summed E-state index contributed by atoms with van der Waals surface area (Å²) in [5, 5.41) is 12.9. The predicted molar refractivity (Wildman–Crippen MR) is 108 cm³/mol. The van der Waals surface area contributed by atoms with Crippen molar-refractivity contribution < 1.29 is 9.90 Å². The Morgan fingerprint density at radius 2 is 1.62 bits per heavy atom. The van der Waals surface area contributed by atoms with Gasteiger partial charge in [0.1, 0.15) is 0 Å². The van der Waals surface area contributed by atoms with Gasteiger partial charge in [-0.05, 0) is 43.4 Å². The molecule has 3 heteroatoms. The molecule has 0 aromatic heterocycles. The van der Waals surface area contributed by atoms with E-state index in [0.717, 1.165) is 24.9 Å². The molecular weight excluding hydrogens is 322 g/mol. The lowest BCUT2D eigenvalue weighted by Gasteiger charge is -2.26. The van der Waals surface area contributed by atoms with Crippen molar-refractivity contribution in [1.29, 1.82) is 0 Å². The number of Topliss-reactive ketones (excluding diaryl/α,β-unsaturated/α-hetero) is 1. The molecule has 2 atom stereocenters. The molecule has 3 nitrogen and oxygen atoms in total. The first-order valence-corrected chi connectivity index (χ1v) is 10.7. The zero-order valence-corrected chi connectivity index (χ0v) is 16.5. The third-order valence-corrected chi connectivity index (χ3v) is 5.49. The summed E-state index contributed by atoms with van der Waals surface area (Å²) in [6.45, 7) is 2.99. The lowest BCUT2D eigenvalue weighted by molar-refractivity contribution is -0.121. The van der Waals surface area contributed by atoms with E-state index in [1.807, 2.05) is 0 Å². The second-order valence-electron chi connectivity index (χ2n) is 7.87. The Labute approximate surface area is 159 Å². The van der Waals surface area contributed by atoms with Crippen LogP contribution in [0.3, 0.4) is 0 Å². The van der Waals surface area contributed by atoms with Crippen molar-refractivity contribution in [2.45, 2.75) is 96.1 Å². The Kier molecular flexibility index (Phi) is 9.94. The molecule has 0 aliphatic carbocycles. The van der Waals surface area contributed by atoms with Gasteiger partial charge in [0, 0.05) is 6.42 Å². The second kappa shape index (κ2) is 12.2. The Bertz CT molecular complexity index is 511. The van der Waals surface area contributed by atoms with E-state index < -0.39 is 0 Å².